The third-order valence-corrected chi connectivity index (χ3v) is 8.49. The number of carbonyl (C=O) groups is 1. The Balaban J connectivity index is 1.44. The third kappa shape index (κ3) is 4.96. The van der Waals surface area contributed by atoms with Gasteiger partial charge in [0.2, 0.25) is 0 Å². The molecule has 1 aliphatic heterocycles. The lowest BCUT2D eigenvalue weighted by molar-refractivity contribution is -0.740. The summed E-state index contributed by atoms with van der Waals surface area (Å²) < 4.78 is 10.4. The zero-order chi connectivity index (χ0) is 29.5. The smallest absolute Gasteiger partial charge is 0.314 e. The zero-order valence-corrected chi connectivity index (χ0v) is 24.7. The summed E-state index contributed by atoms with van der Waals surface area (Å²) in [6, 6.07) is 32.9. The maximum atomic E-state index is 14.7. The number of allylic oxidation sites excluding steroid dienone is 3. The molecular weight excluding hydrogens is 530 g/mol. The summed E-state index contributed by atoms with van der Waals surface area (Å²) in [6.45, 7) is 6.63. The van der Waals surface area contributed by atoms with Gasteiger partial charge in [-0.05, 0) is 59.7 Å². The molecule has 0 amide bonds. The number of benzene rings is 4. The van der Waals surface area contributed by atoms with E-state index >= 15 is 0 Å². The highest BCUT2D eigenvalue weighted by Crippen LogP contribution is 2.37. The molecule has 2 atom stereocenters. The lowest BCUT2D eigenvalue weighted by Crippen LogP contribution is -2.54. The molecule has 2 heterocycles. The Morgan fingerprint density at radius 2 is 1.58 bits per heavy atom. The number of nitrogens with zero attached hydrogens (tertiary/aromatic N) is 3. The van der Waals surface area contributed by atoms with E-state index in [1.807, 2.05) is 59.3 Å². The second kappa shape index (κ2) is 11.1. The number of ketones is 1. The lowest BCUT2D eigenvalue weighted by Gasteiger charge is -2.24. The normalized spacial score (nSPS) is 17.5. The van der Waals surface area contributed by atoms with E-state index in [1.165, 1.54) is 16.7 Å². The summed E-state index contributed by atoms with van der Waals surface area (Å²) in [7, 11) is 0. The number of ether oxygens (including phenoxy) is 1. The molecular formula is C38H34N3O2+. The number of aromatic nitrogens is 3. The first-order valence-corrected chi connectivity index (χ1v) is 14.8. The maximum absolute atomic E-state index is 14.7. The van der Waals surface area contributed by atoms with Crippen LogP contribution in [0.1, 0.15) is 61.4 Å². The first-order valence-electron chi connectivity index (χ1n) is 14.8. The van der Waals surface area contributed by atoms with Gasteiger partial charge in [-0.2, -0.15) is 0 Å². The Kier molecular flexibility index (Phi) is 6.96. The molecule has 0 unspecified atom stereocenters. The second-order valence-corrected chi connectivity index (χ2v) is 11.5. The molecule has 5 nitrogen and oxygen atoms in total. The molecule has 0 fully saturated rings. The lowest BCUT2D eigenvalue weighted by atomic mass is 10.0. The topological polar surface area (TPSA) is 48.0 Å². The number of hydrogen-bond acceptors (Lipinski definition) is 3. The summed E-state index contributed by atoms with van der Waals surface area (Å²) in [5.74, 6) is 1.21. The van der Waals surface area contributed by atoms with E-state index in [9.17, 15) is 4.79 Å². The Morgan fingerprint density at radius 3 is 2.33 bits per heavy atom. The Morgan fingerprint density at radius 1 is 0.907 bits per heavy atom. The molecule has 7 rings (SSSR count). The molecule has 4 aromatic carbocycles. The van der Waals surface area contributed by atoms with Crippen LogP contribution in [-0.2, 0) is 17.8 Å². The zero-order valence-electron chi connectivity index (χ0n) is 24.7. The highest BCUT2D eigenvalue weighted by Gasteiger charge is 2.47. The van der Waals surface area contributed by atoms with Gasteiger partial charge in [0.1, 0.15) is 24.4 Å². The van der Waals surface area contributed by atoms with Crippen molar-refractivity contribution in [1.29, 1.82) is 0 Å². The van der Waals surface area contributed by atoms with Crippen LogP contribution >= 0.6 is 0 Å². The second-order valence-electron chi connectivity index (χ2n) is 11.5. The van der Waals surface area contributed by atoms with Crippen molar-refractivity contribution in [2.45, 2.75) is 45.9 Å². The van der Waals surface area contributed by atoms with Crippen LogP contribution in [0.2, 0.25) is 0 Å². The monoisotopic (exact) mass is 564 g/mol. The van der Waals surface area contributed by atoms with Crippen molar-refractivity contribution in [2.24, 2.45) is 0 Å². The van der Waals surface area contributed by atoms with Crippen LogP contribution < -0.4 is 4.57 Å². The average Bonchev–Trinajstić information content (AvgIpc) is 3.58. The molecule has 0 saturated carbocycles. The van der Waals surface area contributed by atoms with Crippen molar-refractivity contribution in [3.05, 3.63) is 160 Å². The summed E-state index contributed by atoms with van der Waals surface area (Å²) in [4.78, 5) is 14.7. The van der Waals surface area contributed by atoms with E-state index in [0.717, 1.165) is 45.8 Å². The summed E-state index contributed by atoms with van der Waals surface area (Å²) in [6.07, 6.45) is 6.62. The van der Waals surface area contributed by atoms with Crippen LogP contribution in [0.5, 0.6) is 0 Å². The molecule has 0 saturated heterocycles. The Labute approximate surface area is 252 Å². The Hall–Kier alpha value is -4.87. The average molecular weight is 565 g/mol. The van der Waals surface area contributed by atoms with Gasteiger partial charge in [-0.1, -0.05) is 119 Å². The van der Waals surface area contributed by atoms with E-state index in [-0.39, 0.29) is 17.9 Å². The standard InChI is InChI=1S/C38H34N3O2/c1-25-20-26(2)36(27(3)21-25)41-38(40-35(39-41)24-43-34-23-31-16-10-11-17-32(31)37(34)40)33(42)22-30(29-14-8-5-9-15-29)19-18-28-12-6-4-7-13-28/h4-22,34,37H,23-24H2,1-3H3/q+1/b19-18+,30-22-/t34-,37+/m1/s1. The molecule has 2 aliphatic rings. The molecule has 0 bridgehead atoms. The van der Waals surface area contributed by atoms with E-state index in [4.69, 9.17) is 9.84 Å². The van der Waals surface area contributed by atoms with Gasteiger partial charge in [0.15, 0.2) is 0 Å². The van der Waals surface area contributed by atoms with Gasteiger partial charge in [-0.3, -0.25) is 4.79 Å². The minimum Gasteiger partial charge on any atom is -0.363 e. The molecule has 212 valence electrons. The van der Waals surface area contributed by atoms with Crippen molar-refractivity contribution in [2.75, 3.05) is 0 Å². The van der Waals surface area contributed by atoms with Crippen molar-refractivity contribution in [1.82, 2.24) is 9.78 Å². The highest BCUT2D eigenvalue weighted by atomic mass is 16.5. The van der Waals surface area contributed by atoms with E-state index < -0.39 is 0 Å². The summed E-state index contributed by atoms with van der Waals surface area (Å²) in [5.41, 5.74) is 9.61. The quantitative estimate of drug-likeness (QED) is 0.0956. The maximum Gasteiger partial charge on any atom is 0.314 e. The Bertz CT molecular complexity index is 1880. The fourth-order valence-corrected chi connectivity index (χ4v) is 6.70. The van der Waals surface area contributed by atoms with Crippen LogP contribution in [0.4, 0.5) is 0 Å². The van der Waals surface area contributed by atoms with E-state index in [1.54, 1.807) is 6.08 Å². The minimum absolute atomic E-state index is 0.0464. The number of hydrogen-bond donors (Lipinski definition) is 0. The van der Waals surface area contributed by atoms with Crippen LogP contribution in [0.25, 0.3) is 17.3 Å². The van der Waals surface area contributed by atoms with Crippen molar-refractivity contribution >= 4 is 17.4 Å². The van der Waals surface area contributed by atoms with Crippen molar-refractivity contribution in [3.8, 4) is 5.69 Å². The minimum atomic E-state index is -0.118. The van der Waals surface area contributed by atoms with Gasteiger partial charge in [0.25, 0.3) is 5.78 Å². The van der Waals surface area contributed by atoms with E-state index in [2.05, 4.69) is 79.9 Å². The molecule has 0 radical (unpaired) electrons. The van der Waals surface area contributed by atoms with Crippen LogP contribution in [0, 0.1) is 20.8 Å². The summed E-state index contributed by atoms with van der Waals surface area (Å²) in [5, 5.41) is 5.09. The first kappa shape index (κ1) is 27.0. The fraction of sp³-hybridized carbons (Fsp3) is 0.184. The van der Waals surface area contributed by atoms with E-state index in [0.29, 0.717) is 12.4 Å². The van der Waals surface area contributed by atoms with Crippen LogP contribution in [-0.4, -0.2) is 21.7 Å². The van der Waals surface area contributed by atoms with Gasteiger partial charge >= 0.3 is 11.6 Å². The summed E-state index contributed by atoms with van der Waals surface area (Å²) >= 11 is 0. The third-order valence-electron chi connectivity index (χ3n) is 8.49. The van der Waals surface area contributed by atoms with Crippen LogP contribution in [0.15, 0.2) is 109 Å². The van der Waals surface area contributed by atoms with Crippen LogP contribution in [0.3, 0.4) is 0 Å². The SMILES string of the molecule is Cc1cc(C)c(-n2nc3[n+](c2C(=O)/C=C(/C=C/c2ccccc2)c2ccccc2)[C@H]2c4ccccc4C[C@H]2OC3)c(C)c1. The fourth-order valence-electron chi connectivity index (χ4n) is 6.70. The highest BCUT2D eigenvalue weighted by molar-refractivity contribution is 6.07. The van der Waals surface area contributed by atoms with Gasteiger partial charge in [-0.25, -0.2) is 4.57 Å². The predicted octanol–water partition coefficient (Wildman–Crippen LogP) is 7.11. The molecule has 1 aromatic heterocycles. The first-order chi connectivity index (χ1) is 21.0. The van der Waals surface area contributed by atoms with Crippen molar-refractivity contribution in [3.63, 3.8) is 0 Å². The molecule has 0 N–H and O–H groups in total. The molecule has 1 aliphatic carbocycles. The number of carbonyl (C=O) groups excluding carboxylic acids is 1. The molecule has 0 spiro atoms. The van der Waals surface area contributed by atoms with Gasteiger partial charge in [0, 0.05) is 17.6 Å². The number of fused-ring (bicyclic) bond motifs is 5. The molecule has 43 heavy (non-hydrogen) atoms. The predicted molar refractivity (Wildman–Crippen MR) is 169 cm³/mol. The largest absolute Gasteiger partial charge is 0.363 e. The molecule has 5 aromatic rings. The molecule has 5 heteroatoms. The van der Waals surface area contributed by atoms with Gasteiger partial charge in [-0.15, -0.1) is 0 Å². The number of rotatable bonds is 6. The van der Waals surface area contributed by atoms with Gasteiger partial charge < -0.3 is 4.74 Å². The number of aryl methyl sites for hydroxylation is 3. The van der Waals surface area contributed by atoms with Gasteiger partial charge in [0.05, 0.1) is 0 Å². The van der Waals surface area contributed by atoms with Crippen molar-refractivity contribution < 1.29 is 14.1 Å².